The van der Waals surface area contributed by atoms with E-state index in [1.165, 1.54) is 17.7 Å². The van der Waals surface area contributed by atoms with Crippen molar-refractivity contribution in [1.82, 2.24) is 14.7 Å². The number of aryl methyl sites for hydroxylation is 2. The molecule has 0 saturated heterocycles. The molecule has 0 atom stereocenters. The number of hydrogen-bond acceptors (Lipinski definition) is 4. The highest BCUT2D eigenvalue weighted by molar-refractivity contribution is 7.09. The van der Waals surface area contributed by atoms with E-state index in [1.54, 1.807) is 11.3 Å². The number of ether oxygens (including phenoxy) is 1. The Labute approximate surface area is 188 Å². The fraction of sp³-hybridized carbons (Fsp3) is 0.440. The molecule has 0 aliphatic heterocycles. The van der Waals surface area contributed by atoms with Crippen LogP contribution in [0.4, 0.5) is 0 Å². The topological polar surface area (TPSA) is 47.4 Å². The Morgan fingerprint density at radius 1 is 1.23 bits per heavy atom. The fourth-order valence-corrected chi connectivity index (χ4v) is 4.92. The second kappa shape index (κ2) is 10.6. The van der Waals surface area contributed by atoms with Crippen LogP contribution in [0.3, 0.4) is 0 Å². The highest BCUT2D eigenvalue weighted by atomic mass is 32.1. The van der Waals surface area contributed by atoms with Gasteiger partial charge in [0.05, 0.1) is 12.3 Å². The number of hydrogen-bond donors (Lipinski definition) is 0. The van der Waals surface area contributed by atoms with Gasteiger partial charge in [0.25, 0.3) is 0 Å². The molecule has 0 radical (unpaired) electrons. The van der Waals surface area contributed by atoms with Gasteiger partial charge in [-0.2, -0.15) is 5.10 Å². The quantitative estimate of drug-likeness (QED) is 0.436. The second-order valence-electron chi connectivity index (χ2n) is 8.26. The zero-order chi connectivity index (χ0) is 21.5. The van der Waals surface area contributed by atoms with Crippen molar-refractivity contribution in [3.63, 3.8) is 0 Å². The van der Waals surface area contributed by atoms with Crippen LogP contribution in [-0.4, -0.2) is 33.2 Å². The molecule has 1 aromatic carbocycles. The summed E-state index contributed by atoms with van der Waals surface area (Å²) in [4.78, 5) is 16.6. The summed E-state index contributed by atoms with van der Waals surface area (Å²) in [5.74, 6) is 1.09. The molecule has 0 N–H and O–H groups in total. The predicted octanol–water partition coefficient (Wildman–Crippen LogP) is 5.24. The third kappa shape index (κ3) is 6.20. The molecule has 6 heteroatoms. The Morgan fingerprint density at radius 2 is 2.10 bits per heavy atom. The van der Waals surface area contributed by atoms with Crippen LogP contribution in [0.5, 0.6) is 5.75 Å². The molecule has 1 amide bonds. The van der Waals surface area contributed by atoms with E-state index < -0.39 is 0 Å². The van der Waals surface area contributed by atoms with E-state index in [0.717, 1.165) is 36.3 Å². The van der Waals surface area contributed by atoms with E-state index in [-0.39, 0.29) is 5.91 Å². The molecule has 2 heterocycles. The molecule has 3 aromatic rings. The van der Waals surface area contributed by atoms with Gasteiger partial charge in [-0.15, -0.1) is 11.3 Å². The summed E-state index contributed by atoms with van der Waals surface area (Å²) in [6.07, 6.45) is 7.96. The van der Waals surface area contributed by atoms with Crippen LogP contribution in [0.15, 0.2) is 54.0 Å². The van der Waals surface area contributed by atoms with Gasteiger partial charge in [0.1, 0.15) is 5.75 Å². The zero-order valence-corrected chi connectivity index (χ0v) is 19.0. The van der Waals surface area contributed by atoms with Crippen molar-refractivity contribution < 1.29 is 9.53 Å². The monoisotopic (exact) mass is 437 g/mol. The van der Waals surface area contributed by atoms with Gasteiger partial charge in [-0.1, -0.05) is 31.0 Å². The Bertz CT molecular complexity index is 961. The average Bonchev–Trinajstić information content (AvgIpc) is 3.54. The van der Waals surface area contributed by atoms with Crippen molar-refractivity contribution in [3.05, 3.63) is 70.2 Å². The largest absolute Gasteiger partial charge is 0.493 e. The van der Waals surface area contributed by atoms with Gasteiger partial charge in [0.2, 0.25) is 5.91 Å². The molecule has 1 fully saturated rings. The minimum atomic E-state index is 0.212. The lowest BCUT2D eigenvalue weighted by molar-refractivity contribution is -0.134. The Morgan fingerprint density at radius 3 is 2.84 bits per heavy atom. The van der Waals surface area contributed by atoms with Gasteiger partial charge in [-0.05, 0) is 55.0 Å². The minimum absolute atomic E-state index is 0.212. The third-order valence-corrected chi connectivity index (χ3v) is 6.80. The van der Waals surface area contributed by atoms with Gasteiger partial charge in [-0.3, -0.25) is 9.48 Å². The summed E-state index contributed by atoms with van der Waals surface area (Å²) in [5, 5.41) is 6.51. The molecule has 0 bridgehead atoms. The first-order valence-corrected chi connectivity index (χ1v) is 12.1. The highest BCUT2D eigenvalue weighted by Gasteiger charge is 2.26. The average molecular weight is 438 g/mol. The molecule has 4 rings (SSSR count). The number of rotatable bonds is 10. The van der Waals surface area contributed by atoms with Crippen LogP contribution >= 0.6 is 11.3 Å². The number of thiophene rings is 1. The fourth-order valence-electron chi connectivity index (χ4n) is 4.23. The van der Waals surface area contributed by atoms with E-state index in [9.17, 15) is 4.79 Å². The van der Waals surface area contributed by atoms with Crippen LogP contribution in [-0.2, 0) is 24.3 Å². The van der Waals surface area contributed by atoms with Crippen LogP contribution in [0.2, 0.25) is 0 Å². The summed E-state index contributed by atoms with van der Waals surface area (Å²) < 4.78 is 7.85. The van der Waals surface area contributed by atoms with Crippen LogP contribution in [0.25, 0.3) is 0 Å². The van der Waals surface area contributed by atoms with Gasteiger partial charge >= 0.3 is 0 Å². The van der Waals surface area contributed by atoms with Crippen LogP contribution in [0, 0.1) is 6.92 Å². The molecule has 1 saturated carbocycles. The summed E-state index contributed by atoms with van der Waals surface area (Å²) >= 11 is 1.76. The van der Waals surface area contributed by atoms with Crippen LogP contribution < -0.4 is 4.74 Å². The van der Waals surface area contributed by atoms with Gasteiger partial charge in [0, 0.05) is 43.0 Å². The standard InChI is InChI=1S/C25H31N3O2S/c1-20-11-14-27(26-20)15-12-25(29)28(22-7-2-3-8-22)19-21-6-4-9-23(18-21)30-16-13-24-10-5-17-31-24/h4-6,9-11,14,17-18,22H,2-3,7-8,12-13,15-16,19H2,1H3. The lowest BCUT2D eigenvalue weighted by atomic mass is 10.1. The molecule has 164 valence electrons. The maximum atomic E-state index is 13.2. The third-order valence-electron chi connectivity index (χ3n) is 5.86. The Kier molecular flexibility index (Phi) is 7.41. The van der Waals surface area contributed by atoms with Gasteiger partial charge in [0.15, 0.2) is 0 Å². The first kappa shape index (κ1) is 21.6. The first-order chi connectivity index (χ1) is 15.2. The molecule has 0 unspecified atom stereocenters. The van der Waals surface area contributed by atoms with E-state index in [0.29, 0.717) is 32.2 Å². The second-order valence-corrected chi connectivity index (χ2v) is 9.29. The maximum Gasteiger partial charge on any atom is 0.224 e. The maximum absolute atomic E-state index is 13.2. The zero-order valence-electron chi connectivity index (χ0n) is 18.2. The van der Waals surface area contributed by atoms with E-state index in [4.69, 9.17) is 4.74 Å². The minimum Gasteiger partial charge on any atom is -0.493 e. The number of nitrogens with zero attached hydrogens (tertiary/aromatic N) is 3. The lowest BCUT2D eigenvalue weighted by Crippen LogP contribution is -2.38. The Hall–Kier alpha value is -2.60. The van der Waals surface area contributed by atoms with Crippen molar-refractivity contribution in [2.45, 2.75) is 64.6 Å². The molecule has 31 heavy (non-hydrogen) atoms. The lowest BCUT2D eigenvalue weighted by Gasteiger charge is -2.29. The summed E-state index contributed by atoms with van der Waals surface area (Å²) in [6, 6.07) is 14.7. The SMILES string of the molecule is Cc1ccn(CCC(=O)N(Cc2cccc(OCCc3cccs3)c2)C2CCCC2)n1. The van der Waals surface area contributed by atoms with Gasteiger partial charge < -0.3 is 9.64 Å². The first-order valence-electron chi connectivity index (χ1n) is 11.2. The number of carbonyl (C=O) groups excluding carboxylic acids is 1. The summed E-state index contributed by atoms with van der Waals surface area (Å²) in [7, 11) is 0. The number of amides is 1. The predicted molar refractivity (Wildman–Crippen MR) is 124 cm³/mol. The molecule has 0 spiro atoms. The van der Waals surface area contributed by atoms with Crippen molar-refractivity contribution in [3.8, 4) is 5.75 Å². The van der Waals surface area contributed by atoms with Crippen molar-refractivity contribution in [2.24, 2.45) is 0 Å². The van der Waals surface area contributed by atoms with E-state index >= 15 is 0 Å². The normalized spacial score (nSPS) is 14.1. The van der Waals surface area contributed by atoms with E-state index in [1.807, 2.05) is 36.0 Å². The summed E-state index contributed by atoms with van der Waals surface area (Å²) in [5.41, 5.74) is 2.11. The highest BCUT2D eigenvalue weighted by Crippen LogP contribution is 2.26. The number of carbonyl (C=O) groups is 1. The molecule has 5 nitrogen and oxygen atoms in total. The summed E-state index contributed by atoms with van der Waals surface area (Å²) in [6.45, 7) is 3.91. The number of aromatic nitrogens is 2. The molecule has 1 aliphatic rings. The van der Waals surface area contributed by atoms with Crippen LogP contribution in [0.1, 0.15) is 48.2 Å². The van der Waals surface area contributed by atoms with E-state index in [2.05, 4.69) is 39.6 Å². The molecule has 2 aromatic heterocycles. The molecular weight excluding hydrogens is 406 g/mol. The van der Waals surface area contributed by atoms with Gasteiger partial charge in [-0.25, -0.2) is 0 Å². The van der Waals surface area contributed by atoms with Crippen molar-refractivity contribution >= 4 is 17.2 Å². The molecular formula is C25H31N3O2S. The number of benzene rings is 1. The smallest absolute Gasteiger partial charge is 0.224 e. The Balaban J connectivity index is 1.37. The molecule has 1 aliphatic carbocycles. The van der Waals surface area contributed by atoms with Crippen molar-refractivity contribution in [2.75, 3.05) is 6.61 Å². The van der Waals surface area contributed by atoms with Crippen molar-refractivity contribution in [1.29, 1.82) is 0 Å².